The third-order valence-electron chi connectivity index (χ3n) is 6.14. The molecule has 27 heavy (non-hydrogen) atoms. The number of ether oxygens (including phenoxy) is 1. The molecule has 2 amide bonds. The van der Waals surface area contributed by atoms with Crippen molar-refractivity contribution < 1.29 is 19.2 Å². The summed E-state index contributed by atoms with van der Waals surface area (Å²) in [6, 6.07) is 7.36. The topological polar surface area (TPSA) is 63.1 Å². The molecule has 6 heteroatoms. The van der Waals surface area contributed by atoms with Crippen LogP contribution >= 0.6 is 0 Å². The van der Waals surface area contributed by atoms with Crippen molar-refractivity contribution in [1.82, 2.24) is 10.2 Å². The first-order valence-corrected chi connectivity index (χ1v) is 10.4. The lowest BCUT2D eigenvalue weighted by atomic mass is 10.0. The number of hydrogen-bond donors (Lipinski definition) is 2. The number of hydrogen-bond acceptors (Lipinski definition) is 3. The Morgan fingerprint density at radius 3 is 2.70 bits per heavy atom. The van der Waals surface area contributed by atoms with E-state index in [0.29, 0.717) is 12.1 Å². The molecule has 146 valence electrons. The molecule has 1 aromatic rings. The summed E-state index contributed by atoms with van der Waals surface area (Å²) in [7, 11) is 0. The van der Waals surface area contributed by atoms with Crippen LogP contribution in [0.5, 0.6) is 0 Å². The van der Waals surface area contributed by atoms with Crippen LogP contribution < -0.4 is 10.2 Å². The lowest BCUT2D eigenvalue weighted by Gasteiger charge is -2.28. The van der Waals surface area contributed by atoms with Gasteiger partial charge < -0.3 is 19.9 Å². The first kappa shape index (κ1) is 18.4. The normalized spacial score (nSPS) is 23.6. The predicted octanol–water partition coefficient (Wildman–Crippen LogP) is 0.548. The maximum absolute atomic E-state index is 13.1. The third kappa shape index (κ3) is 4.01. The van der Waals surface area contributed by atoms with Crippen LogP contribution in [0.15, 0.2) is 24.3 Å². The van der Waals surface area contributed by atoms with E-state index in [-0.39, 0.29) is 17.9 Å². The van der Waals surface area contributed by atoms with Gasteiger partial charge in [-0.25, -0.2) is 0 Å². The van der Waals surface area contributed by atoms with Crippen LogP contribution in [0.3, 0.4) is 0 Å². The van der Waals surface area contributed by atoms with E-state index in [9.17, 15) is 9.59 Å². The number of quaternary nitrogens is 1. The summed E-state index contributed by atoms with van der Waals surface area (Å²) in [4.78, 5) is 29.3. The summed E-state index contributed by atoms with van der Waals surface area (Å²) in [5, 5.41) is 3.20. The molecule has 6 nitrogen and oxygen atoms in total. The Labute approximate surface area is 160 Å². The molecule has 4 rings (SSSR count). The summed E-state index contributed by atoms with van der Waals surface area (Å²) in [6.07, 6.45) is 5.36. The zero-order chi connectivity index (χ0) is 18.6. The number of benzene rings is 1. The number of amides is 2. The summed E-state index contributed by atoms with van der Waals surface area (Å²) in [5.74, 6) is -0.0203. The van der Waals surface area contributed by atoms with Crippen molar-refractivity contribution in [2.24, 2.45) is 0 Å². The summed E-state index contributed by atoms with van der Waals surface area (Å²) < 4.78 is 5.41. The van der Waals surface area contributed by atoms with Crippen molar-refractivity contribution in [2.75, 3.05) is 39.4 Å². The molecule has 1 aromatic carbocycles. The fourth-order valence-corrected chi connectivity index (χ4v) is 4.64. The Bertz CT molecular complexity index is 681. The van der Waals surface area contributed by atoms with Gasteiger partial charge in [-0.05, 0) is 24.5 Å². The van der Waals surface area contributed by atoms with Crippen LogP contribution in [0.1, 0.15) is 54.1 Å². The molecular weight excluding hydrogens is 342 g/mol. The molecule has 0 radical (unpaired) electrons. The third-order valence-corrected chi connectivity index (χ3v) is 6.14. The van der Waals surface area contributed by atoms with E-state index in [2.05, 4.69) is 5.32 Å². The smallest absolute Gasteiger partial charge is 0.255 e. The van der Waals surface area contributed by atoms with Crippen LogP contribution in [0.25, 0.3) is 0 Å². The number of nitrogens with zero attached hydrogens (tertiary/aromatic N) is 1. The van der Waals surface area contributed by atoms with Crippen LogP contribution in [-0.4, -0.2) is 62.1 Å². The molecule has 1 aliphatic carbocycles. The van der Waals surface area contributed by atoms with Crippen molar-refractivity contribution in [3.8, 4) is 0 Å². The molecule has 0 spiro atoms. The second-order valence-electron chi connectivity index (χ2n) is 7.94. The molecule has 1 saturated carbocycles. The van der Waals surface area contributed by atoms with E-state index >= 15 is 0 Å². The van der Waals surface area contributed by atoms with Gasteiger partial charge in [-0.2, -0.15) is 0 Å². The van der Waals surface area contributed by atoms with Crippen LogP contribution in [-0.2, 0) is 9.53 Å². The molecular formula is C21H30N3O3+. The summed E-state index contributed by atoms with van der Waals surface area (Å²) in [5.41, 5.74) is 1.54. The lowest BCUT2D eigenvalue weighted by Crippen LogP contribution is -3.14. The summed E-state index contributed by atoms with van der Waals surface area (Å²) in [6.45, 7) is 5.33. The predicted molar refractivity (Wildman–Crippen MR) is 102 cm³/mol. The number of carbonyl (C=O) groups excluding carboxylic acids is 2. The number of carbonyl (C=O) groups is 2. The Morgan fingerprint density at radius 2 is 1.93 bits per heavy atom. The van der Waals surface area contributed by atoms with Crippen LogP contribution in [0.4, 0.5) is 0 Å². The van der Waals surface area contributed by atoms with Crippen molar-refractivity contribution in [2.45, 2.75) is 44.2 Å². The van der Waals surface area contributed by atoms with Gasteiger partial charge in [-0.3, -0.25) is 9.59 Å². The van der Waals surface area contributed by atoms with Gasteiger partial charge in [0.15, 0.2) is 0 Å². The molecule has 2 heterocycles. The van der Waals surface area contributed by atoms with E-state index in [1.54, 1.807) is 4.90 Å². The van der Waals surface area contributed by atoms with Gasteiger partial charge in [0, 0.05) is 24.6 Å². The minimum atomic E-state index is -0.478. The molecule has 3 aliphatic rings. The standard InChI is InChI=1S/C21H29N3O3/c25-20(22-16-6-1-2-7-16)19-17-8-3-4-9-18(17)21(26)24(19)11-5-10-23-12-14-27-15-13-23/h3-4,8-9,16,19H,1-2,5-7,10-15H2,(H,22,25)/p+1. The first-order valence-electron chi connectivity index (χ1n) is 10.4. The SMILES string of the molecule is O=C(NC1CCCC1)C1c2ccccc2C(=O)N1CCC[NH+]1CCOCC1. The highest BCUT2D eigenvalue weighted by molar-refractivity contribution is 6.04. The first-order chi connectivity index (χ1) is 13.2. The number of fused-ring (bicyclic) bond motifs is 1. The Kier molecular flexibility index (Phi) is 5.74. The van der Waals surface area contributed by atoms with Crippen molar-refractivity contribution in [3.63, 3.8) is 0 Å². The Hall–Kier alpha value is -1.92. The second-order valence-corrected chi connectivity index (χ2v) is 7.94. The van der Waals surface area contributed by atoms with Crippen molar-refractivity contribution >= 4 is 11.8 Å². The van der Waals surface area contributed by atoms with E-state index in [1.165, 1.54) is 17.7 Å². The minimum absolute atomic E-state index is 0.00542. The number of nitrogens with one attached hydrogen (secondary N) is 2. The monoisotopic (exact) mass is 372 g/mol. The quantitative estimate of drug-likeness (QED) is 0.767. The minimum Gasteiger partial charge on any atom is -0.370 e. The van der Waals surface area contributed by atoms with Gasteiger partial charge in [0.25, 0.3) is 5.91 Å². The van der Waals surface area contributed by atoms with Gasteiger partial charge in [0.1, 0.15) is 19.1 Å². The zero-order valence-electron chi connectivity index (χ0n) is 15.9. The van der Waals surface area contributed by atoms with Crippen LogP contribution in [0, 0.1) is 0 Å². The van der Waals surface area contributed by atoms with Gasteiger partial charge in [-0.1, -0.05) is 31.0 Å². The van der Waals surface area contributed by atoms with Crippen LogP contribution in [0.2, 0.25) is 0 Å². The highest BCUT2D eigenvalue weighted by atomic mass is 16.5. The maximum Gasteiger partial charge on any atom is 0.255 e. The van der Waals surface area contributed by atoms with E-state index in [0.717, 1.165) is 57.7 Å². The van der Waals surface area contributed by atoms with Crippen molar-refractivity contribution in [3.05, 3.63) is 35.4 Å². The van der Waals surface area contributed by atoms with Gasteiger partial charge in [0.2, 0.25) is 5.91 Å². The highest BCUT2D eigenvalue weighted by Crippen LogP contribution is 2.34. The molecule has 2 aliphatic heterocycles. The summed E-state index contributed by atoms with van der Waals surface area (Å²) >= 11 is 0. The molecule has 2 N–H and O–H groups in total. The van der Waals surface area contributed by atoms with Gasteiger partial charge in [-0.15, -0.1) is 0 Å². The number of morpholine rings is 1. The zero-order valence-corrected chi connectivity index (χ0v) is 15.9. The average Bonchev–Trinajstić information content (AvgIpc) is 3.30. The molecule has 0 aromatic heterocycles. The average molecular weight is 372 g/mol. The molecule has 0 bridgehead atoms. The number of rotatable bonds is 6. The fourth-order valence-electron chi connectivity index (χ4n) is 4.64. The van der Waals surface area contributed by atoms with Gasteiger partial charge >= 0.3 is 0 Å². The largest absolute Gasteiger partial charge is 0.370 e. The fraction of sp³-hybridized carbons (Fsp3) is 0.619. The van der Waals surface area contributed by atoms with E-state index in [4.69, 9.17) is 4.74 Å². The highest BCUT2D eigenvalue weighted by Gasteiger charge is 2.41. The van der Waals surface area contributed by atoms with E-state index in [1.807, 2.05) is 24.3 Å². The second kappa shape index (κ2) is 8.40. The maximum atomic E-state index is 13.1. The molecule has 1 unspecified atom stereocenters. The van der Waals surface area contributed by atoms with E-state index < -0.39 is 6.04 Å². The molecule has 2 fully saturated rings. The Balaban J connectivity index is 1.44. The molecule has 1 atom stereocenters. The Morgan fingerprint density at radius 1 is 1.19 bits per heavy atom. The lowest BCUT2D eigenvalue weighted by molar-refractivity contribution is -0.908. The molecule has 1 saturated heterocycles. The van der Waals surface area contributed by atoms with Crippen molar-refractivity contribution in [1.29, 1.82) is 0 Å². The van der Waals surface area contributed by atoms with Gasteiger partial charge in [0.05, 0.1) is 19.8 Å².